The maximum absolute atomic E-state index is 13.7. The van der Waals surface area contributed by atoms with Crippen LogP contribution in [0, 0.1) is 5.82 Å². The summed E-state index contributed by atoms with van der Waals surface area (Å²) in [5.74, 6) is -0.305. The van der Waals surface area contributed by atoms with Crippen molar-refractivity contribution in [3.05, 3.63) is 52.4 Å². The second-order valence-corrected chi connectivity index (χ2v) is 4.59. The van der Waals surface area contributed by atoms with Crippen LogP contribution in [0.15, 0.2) is 30.6 Å². The summed E-state index contributed by atoms with van der Waals surface area (Å²) in [7, 11) is 0. The van der Waals surface area contributed by atoms with Crippen LogP contribution in [0.2, 0.25) is 10.4 Å². The number of aromatic nitrogens is 4. The van der Waals surface area contributed by atoms with E-state index in [1.807, 2.05) is 0 Å². The van der Waals surface area contributed by atoms with Crippen molar-refractivity contribution < 1.29 is 4.39 Å². The molecule has 2 aromatic heterocycles. The predicted molar refractivity (Wildman–Crippen MR) is 70.8 cm³/mol. The predicted octanol–water partition coefficient (Wildman–Crippen LogP) is 3.32. The minimum atomic E-state index is -0.305. The van der Waals surface area contributed by atoms with E-state index in [0.29, 0.717) is 16.7 Å². The van der Waals surface area contributed by atoms with Gasteiger partial charge < -0.3 is 0 Å². The molecule has 0 spiro atoms. The summed E-state index contributed by atoms with van der Waals surface area (Å²) in [4.78, 5) is 12.0. The molecule has 0 aliphatic carbocycles. The highest BCUT2D eigenvalue weighted by Crippen LogP contribution is 2.24. The van der Waals surface area contributed by atoms with Gasteiger partial charge in [-0.3, -0.25) is 4.57 Å². The Hall–Kier alpha value is -1.72. The van der Waals surface area contributed by atoms with Crippen LogP contribution in [0.25, 0.3) is 11.2 Å². The van der Waals surface area contributed by atoms with E-state index in [-0.39, 0.29) is 22.8 Å². The first-order valence-corrected chi connectivity index (χ1v) is 6.18. The summed E-state index contributed by atoms with van der Waals surface area (Å²) in [5.41, 5.74) is 1.39. The lowest BCUT2D eigenvalue weighted by Crippen LogP contribution is -2.03. The van der Waals surface area contributed by atoms with E-state index in [0.717, 1.165) is 0 Å². The monoisotopic (exact) mass is 296 g/mol. The first-order chi connectivity index (χ1) is 9.16. The van der Waals surface area contributed by atoms with Crippen LogP contribution >= 0.6 is 23.2 Å². The molecule has 19 heavy (non-hydrogen) atoms. The molecular formula is C12H7Cl2FN4. The first kappa shape index (κ1) is 12.3. The SMILES string of the molecule is Fc1ccccc1Cn1c(Cl)nc2c(Cl)ncnc21. The minimum absolute atomic E-state index is 0.195. The zero-order chi connectivity index (χ0) is 13.4. The number of halogens is 3. The molecule has 0 fully saturated rings. The standard InChI is InChI=1S/C12H7Cl2FN4/c13-10-9-11(17-6-16-10)19(12(14)18-9)5-7-3-1-2-4-8(7)15/h1-4,6H,5H2. The highest BCUT2D eigenvalue weighted by Gasteiger charge is 2.14. The van der Waals surface area contributed by atoms with E-state index in [9.17, 15) is 4.39 Å². The van der Waals surface area contributed by atoms with Gasteiger partial charge in [0.1, 0.15) is 17.7 Å². The molecule has 0 aliphatic rings. The van der Waals surface area contributed by atoms with E-state index >= 15 is 0 Å². The van der Waals surface area contributed by atoms with Gasteiger partial charge in [-0.1, -0.05) is 29.8 Å². The van der Waals surface area contributed by atoms with E-state index in [2.05, 4.69) is 15.0 Å². The van der Waals surface area contributed by atoms with Crippen molar-refractivity contribution in [2.75, 3.05) is 0 Å². The molecule has 0 bridgehead atoms. The number of hydrogen-bond donors (Lipinski definition) is 0. The van der Waals surface area contributed by atoms with Crippen molar-refractivity contribution in [1.29, 1.82) is 0 Å². The van der Waals surface area contributed by atoms with Crippen molar-refractivity contribution >= 4 is 34.4 Å². The second kappa shape index (κ2) is 4.75. The molecule has 0 N–H and O–H groups in total. The van der Waals surface area contributed by atoms with Gasteiger partial charge in [0, 0.05) is 5.56 Å². The molecule has 2 heterocycles. The molecule has 0 aliphatic heterocycles. The lowest BCUT2D eigenvalue weighted by atomic mass is 10.2. The Balaban J connectivity index is 2.13. The number of hydrogen-bond acceptors (Lipinski definition) is 3. The van der Waals surface area contributed by atoms with E-state index in [4.69, 9.17) is 23.2 Å². The van der Waals surface area contributed by atoms with Crippen molar-refractivity contribution in [1.82, 2.24) is 19.5 Å². The number of nitrogens with zero attached hydrogens (tertiary/aromatic N) is 4. The largest absolute Gasteiger partial charge is 0.295 e. The lowest BCUT2D eigenvalue weighted by Gasteiger charge is -2.06. The van der Waals surface area contributed by atoms with Gasteiger partial charge >= 0.3 is 0 Å². The number of imidazole rings is 1. The fourth-order valence-electron chi connectivity index (χ4n) is 1.82. The van der Waals surface area contributed by atoms with Gasteiger partial charge in [-0.25, -0.2) is 19.3 Å². The van der Waals surface area contributed by atoms with Crippen molar-refractivity contribution in [2.24, 2.45) is 0 Å². The summed E-state index contributed by atoms with van der Waals surface area (Å²) >= 11 is 12.0. The molecule has 0 amide bonds. The van der Waals surface area contributed by atoms with Crippen LogP contribution in [0.4, 0.5) is 4.39 Å². The van der Waals surface area contributed by atoms with Crippen LogP contribution in [0.3, 0.4) is 0 Å². The molecule has 0 saturated heterocycles. The first-order valence-electron chi connectivity index (χ1n) is 5.42. The second-order valence-electron chi connectivity index (χ2n) is 3.90. The molecule has 3 rings (SSSR count). The third-order valence-corrected chi connectivity index (χ3v) is 3.29. The van der Waals surface area contributed by atoms with Crippen molar-refractivity contribution in [3.8, 4) is 0 Å². The summed E-state index contributed by atoms with van der Waals surface area (Å²) in [6.45, 7) is 0.231. The van der Waals surface area contributed by atoms with Gasteiger partial charge in [-0.15, -0.1) is 0 Å². The molecule has 0 unspecified atom stereocenters. The highest BCUT2D eigenvalue weighted by molar-refractivity contribution is 6.34. The average molecular weight is 297 g/mol. The Kier molecular flexibility index (Phi) is 3.08. The van der Waals surface area contributed by atoms with Crippen molar-refractivity contribution in [2.45, 2.75) is 6.54 Å². The van der Waals surface area contributed by atoms with Crippen LogP contribution in [-0.4, -0.2) is 19.5 Å². The molecular weight excluding hydrogens is 290 g/mol. The third-order valence-electron chi connectivity index (χ3n) is 2.73. The zero-order valence-corrected chi connectivity index (χ0v) is 11.0. The van der Waals surface area contributed by atoms with Crippen molar-refractivity contribution in [3.63, 3.8) is 0 Å². The van der Waals surface area contributed by atoms with Gasteiger partial charge in [0.2, 0.25) is 5.28 Å². The third kappa shape index (κ3) is 2.15. The normalized spacial score (nSPS) is 11.1. The van der Waals surface area contributed by atoms with Crippen LogP contribution in [-0.2, 0) is 6.54 Å². The number of rotatable bonds is 2. The lowest BCUT2D eigenvalue weighted by molar-refractivity contribution is 0.601. The average Bonchev–Trinajstić information content (AvgIpc) is 2.71. The van der Waals surface area contributed by atoms with Crippen LogP contribution in [0.1, 0.15) is 5.56 Å². The molecule has 0 atom stereocenters. The maximum atomic E-state index is 13.7. The maximum Gasteiger partial charge on any atom is 0.205 e. The summed E-state index contributed by atoms with van der Waals surface area (Å²) < 4.78 is 15.2. The molecule has 1 aromatic carbocycles. The Labute approximate surface area is 117 Å². The Morgan fingerprint density at radius 2 is 1.95 bits per heavy atom. The quantitative estimate of drug-likeness (QED) is 0.538. The topological polar surface area (TPSA) is 43.6 Å². The minimum Gasteiger partial charge on any atom is -0.295 e. The molecule has 3 aromatic rings. The number of benzene rings is 1. The van der Waals surface area contributed by atoms with E-state index < -0.39 is 0 Å². The van der Waals surface area contributed by atoms with Gasteiger partial charge in [0.15, 0.2) is 10.8 Å². The smallest absolute Gasteiger partial charge is 0.205 e. The van der Waals surface area contributed by atoms with Gasteiger partial charge in [0.05, 0.1) is 6.54 Å². The van der Waals surface area contributed by atoms with E-state index in [1.165, 1.54) is 12.4 Å². The highest BCUT2D eigenvalue weighted by atomic mass is 35.5. The van der Waals surface area contributed by atoms with E-state index in [1.54, 1.807) is 22.8 Å². The van der Waals surface area contributed by atoms with Gasteiger partial charge in [-0.2, -0.15) is 0 Å². The Morgan fingerprint density at radius 3 is 2.74 bits per heavy atom. The fourth-order valence-corrected chi connectivity index (χ4v) is 2.21. The van der Waals surface area contributed by atoms with Crippen LogP contribution in [0.5, 0.6) is 0 Å². The Bertz CT molecular complexity index is 757. The summed E-state index contributed by atoms with van der Waals surface area (Å²) in [6.07, 6.45) is 1.32. The van der Waals surface area contributed by atoms with Gasteiger partial charge in [-0.05, 0) is 17.7 Å². The summed E-state index contributed by atoms with van der Waals surface area (Å²) in [5, 5.41) is 0.417. The van der Waals surface area contributed by atoms with Crippen LogP contribution < -0.4 is 0 Å². The molecule has 96 valence electrons. The van der Waals surface area contributed by atoms with Gasteiger partial charge in [0.25, 0.3) is 0 Å². The Morgan fingerprint density at radius 1 is 1.16 bits per heavy atom. The molecule has 0 saturated carbocycles. The molecule has 0 radical (unpaired) electrons. The molecule has 4 nitrogen and oxygen atoms in total. The summed E-state index contributed by atoms with van der Waals surface area (Å²) in [6, 6.07) is 6.46. The zero-order valence-electron chi connectivity index (χ0n) is 9.52. The number of fused-ring (bicyclic) bond motifs is 1. The fraction of sp³-hybridized carbons (Fsp3) is 0.0833. The molecule has 7 heteroatoms.